The third-order valence-corrected chi connectivity index (χ3v) is 4.91. The summed E-state index contributed by atoms with van der Waals surface area (Å²) in [5.41, 5.74) is 5.42. The molecule has 0 saturated heterocycles. The first-order valence-corrected chi connectivity index (χ1v) is 9.21. The predicted octanol–water partition coefficient (Wildman–Crippen LogP) is 4.93. The molecule has 4 heteroatoms. The highest BCUT2D eigenvalue weighted by molar-refractivity contribution is 5.96. The molecule has 1 aliphatic carbocycles. The Morgan fingerprint density at radius 1 is 1.04 bits per heavy atom. The topological polar surface area (TPSA) is 54.3 Å². The van der Waals surface area contributed by atoms with Crippen LogP contribution in [0.5, 0.6) is 0 Å². The van der Waals surface area contributed by atoms with Crippen LogP contribution in [0, 0.1) is 19.8 Å². The van der Waals surface area contributed by atoms with Crippen LogP contribution in [0.1, 0.15) is 29.7 Å². The zero-order valence-electron chi connectivity index (χ0n) is 15.3. The minimum Gasteiger partial charge on any atom is -0.459 e. The molecule has 0 spiro atoms. The lowest BCUT2D eigenvalue weighted by Gasteiger charge is -2.08. The fraction of sp³-hybridized carbons (Fsp3) is 0.318. The molecule has 2 N–H and O–H groups in total. The van der Waals surface area contributed by atoms with Crippen LogP contribution < -0.4 is 10.6 Å². The highest BCUT2D eigenvalue weighted by Crippen LogP contribution is 2.35. The lowest BCUT2D eigenvalue weighted by atomic mass is 10.00. The molecule has 1 aliphatic rings. The van der Waals surface area contributed by atoms with Gasteiger partial charge in [0.05, 0.1) is 6.54 Å². The van der Waals surface area contributed by atoms with Crippen molar-refractivity contribution < 1.29 is 9.21 Å². The Morgan fingerprint density at radius 3 is 2.50 bits per heavy atom. The molecule has 134 valence electrons. The number of benzene rings is 2. The lowest BCUT2D eigenvalue weighted by molar-refractivity contribution is 0.239. The van der Waals surface area contributed by atoms with E-state index in [-0.39, 0.29) is 6.03 Å². The van der Waals surface area contributed by atoms with Crippen molar-refractivity contribution in [3.63, 3.8) is 0 Å². The van der Waals surface area contributed by atoms with Crippen molar-refractivity contribution in [2.75, 3.05) is 6.54 Å². The summed E-state index contributed by atoms with van der Waals surface area (Å²) in [5, 5.41) is 6.96. The Balaban J connectivity index is 1.63. The number of aryl methyl sites for hydroxylation is 2. The normalized spacial score (nSPS) is 13.8. The molecule has 0 radical (unpaired) electrons. The monoisotopic (exact) mass is 348 g/mol. The number of hydrogen-bond acceptors (Lipinski definition) is 2. The number of urea groups is 1. The highest BCUT2D eigenvalue weighted by atomic mass is 16.3. The molecule has 3 aromatic rings. The Labute approximate surface area is 153 Å². The number of carbonyl (C=O) groups excluding carboxylic acids is 1. The van der Waals surface area contributed by atoms with Crippen molar-refractivity contribution in [3.05, 3.63) is 59.4 Å². The van der Waals surface area contributed by atoms with Gasteiger partial charge >= 0.3 is 6.03 Å². The molecule has 0 unspecified atom stereocenters. The van der Waals surface area contributed by atoms with Crippen LogP contribution in [0.4, 0.5) is 4.79 Å². The summed E-state index contributed by atoms with van der Waals surface area (Å²) in [6, 6.07) is 14.5. The molecule has 2 aromatic carbocycles. The van der Waals surface area contributed by atoms with Gasteiger partial charge in [0.25, 0.3) is 0 Å². The van der Waals surface area contributed by atoms with E-state index in [9.17, 15) is 4.79 Å². The molecular weight excluding hydrogens is 324 g/mol. The second-order valence-electron chi connectivity index (χ2n) is 7.27. The fourth-order valence-corrected chi connectivity index (χ4v) is 3.21. The summed E-state index contributed by atoms with van der Waals surface area (Å²) in [5.74, 6) is 1.45. The average Bonchev–Trinajstić information content (AvgIpc) is 3.39. The maximum atomic E-state index is 12.0. The van der Waals surface area contributed by atoms with Crippen LogP contribution >= 0.6 is 0 Å². The minimum absolute atomic E-state index is 0.136. The molecule has 1 fully saturated rings. The minimum atomic E-state index is -0.136. The van der Waals surface area contributed by atoms with Crippen LogP contribution in [0.25, 0.3) is 22.1 Å². The van der Waals surface area contributed by atoms with Gasteiger partial charge in [-0.25, -0.2) is 4.79 Å². The number of amides is 2. The molecule has 1 aromatic heterocycles. The summed E-state index contributed by atoms with van der Waals surface area (Å²) >= 11 is 0. The van der Waals surface area contributed by atoms with Crippen LogP contribution in [0.15, 0.2) is 46.9 Å². The third-order valence-electron chi connectivity index (χ3n) is 4.91. The molecule has 4 rings (SSSR count). The number of hydrogen-bond donors (Lipinski definition) is 2. The molecule has 0 aliphatic heterocycles. The molecule has 4 nitrogen and oxygen atoms in total. The van der Waals surface area contributed by atoms with E-state index in [4.69, 9.17) is 4.42 Å². The van der Waals surface area contributed by atoms with Crippen LogP contribution in [0.3, 0.4) is 0 Å². The van der Waals surface area contributed by atoms with Gasteiger partial charge in [-0.1, -0.05) is 41.5 Å². The summed E-state index contributed by atoms with van der Waals surface area (Å²) in [6.07, 6.45) is 2.45. The van der Waals surface area contributed by atoms with E-state index in [1.165, 1.54) is 24.0 Å². The first-order valence-electron chi connectivity index (χ1n) is 9.21. The molecule has 0 atom stereocenters. The van der Waals surface area contributed by atoms with Crippen LogP contribution in [-0.4, -0.2) is 12.6 Å². The van der Waals surface area contributed by atoms with Gasteiger partial charge in [-0.05, 0) is 50.3 Å². The van der Waals surface area contributed by atoms with Gasteiger partial charge in [0.2, 0.25) is 0 Å². The van der Waals surface area contributed by atoms with Gasteiger partial charge in [-0.15, -0.1) is 0 Å². The Bertz CT molecular complexity index is 937. The number of furan rings is 1. The van der Waals surface area contributed by atoms with Crippen LogP contribution in [-0.2, 0) is 6.54 Å². The van der Waals surface area contributed by atoms with Crippen molar-refractivity contribution in [2.24, 2.45) is 5.92 Å². The first-order chi connectivity index (χ1) is 12.6. The molecule has 1 saturated carbocycles. The van der Waals surface area contributed by atoms with Crippen molar-refractivity contribution in [1.82, 2.24) is 10.6 Å². The van der Waals surface area contributed by atoms with Gasteiger partial charge in [0.15, 0.2) is 0 Å². The molecular formula is C22H24N2O2. The Hall–Kier alpha value is -2.75. The molecule has 26 heavy (non-hydrogen) atoms. The van der Waals surface area contributed by atoms with E-state index in [1.54, 1.807) is 0 Å². The fourth-order valence-electron chi connectivity index (χ4n) is 3.21. The van der Waals surface area contributed by atoms with Crippen molar-refractivity contribution >= 4 is 17.0 Å². The van der Waals surface area contributed by atoms with Crippen molar-refractivity contribution in [1.29, 1.82) is 0 Å². The Morgan fingerprint density at radius 2 is 1.77 bits per heavy atom. The SMILES string of the molecule is Cc1ccc(-c2c(CNC(=O)NCC3CC3)oc3ccc(C)cc23)cc1. The van der Waals surface area contributed by atoms with Crippen molar-refractivity contribution in [2.45, 2.75) is 33.2 Å². The number of nitrogens with one attached hydrogen (secondary N) is 2. The van der Waals surface area contributed by atoms with E-state index < -0.39 is 0 Å². The van der Waals surface area contributed by atoms with Gasteiger partial charge in [-0.3, -0.25) is 0 Å². The van der Waals surface area contributed by atoms with E-state index in [1.807, 2.05) is 12.1 Å². The summed E-state index contributed by atoms with van der Waals surface area (Å²) in [7, 11) is 0. The van der Waals surface area contributed by atoms with Gasteiger partial charge < -0.3 is 15.1 Å². The van der Waals surface area contributed by atoms with Gasteiger partial charge in [-0.2, -0.15) is 0 Å². The molecule has 0 bridgehead atoms. The summed E-state index contributed by atoms with van der Waals surface area (Å²) in [6.45, 7) is 5.28. The zero-order chi connectivity index (χ0) is 18.1. The standard InChI is InChI=1S/C22H24N2O2/c1-14-3-8-17(9-4-14)21-18-11-15(2)5-10-19(18)26-20(21)13-24-22(25)23-12-16-6-7-16/h3-5,8-11,16H,6-7,12-13H2,1-2H3,(H2,23,24,25). The first kappa shape index (κ1) is 16.7. The smallest absolute Gasteiger partial charge is 0.315 e. The second kappa shape index (κ2) is 6.87. The summed E-state index contributed by atoms with van der Waals surface area (Å²) < 4.78 is 6.08. The second-order valence-corrected chi connectivity index (χ2v) is 7.27. The highest BCUT2D eigenvalue weighted by Gasteiger charge is 2.22. The molecule has 2 amide bonds. The third kappa shape index (κ3) is 3.59. The van der Waals surface area contributed by atoms with Crippen molar-refractivity contribution in [3.8, 4) is 11.1 Å². The number of rotatable bonds is 5. The van der Waals surface area contributed by atoms with E-state index in [2.05, 4.69) is 54.8 Å². The number of carbonyl (C=O) groups is 1. The van der Waals surface area contributed by atoms with E-state index in [0.717, 1.165) is 34.4 Å². The van der Waals surface area contributed by atoms with Gasteiger partial charge in [0, 0.05) is 17.5 Å². The van der Waals surface area contributed by atoms with E-state index >= 15 is 0 Å². The van der Waals surface area contributed by atoms with E-state index in [0.29, 0.717) is 12.5 Å². The average molecular weight is 348 g/mol. The quantitative estimate of drug-likeness (QED) is 0.687. The maximum absolute atomic E-state index is 12.0. The molecule has 1 heterocycles. The summed E-state index contributed by atoms with van der Waals surface area (Å²) in [4.78, 5) is 12.0. The van der Waals surface area contributed by atoms with Gasteiger partial charge in [0.1, 0.15) is 11.3 Å². The Kier molecular flexibility index (Phi) is 4.41. The largest absolute Gasteiger partial charge is 0.459 e. The maximum Gasteiger partial charge on any atom is 0.315 e. The zero-order valence-corrected chi connectivity index (χ0v) is 15.3. The lowest BCUT2D eigenvalue weighted by Crippen LogP contribution is -2.36. The van der Waals surface area contributed by atoms with Crippen LogP contribution in [0.2, 0.25) is 0 Å². The predicted molar refractivity (Wildman–Crippen MR) is 104 cm³/mol. The number of fused-ring (bicyclic) bond motifs is 1.